The van der Waals surface area contributed by atoms with E-state index in [1.54, 1.807) is 6.42 Å². The molecule has 0 spiro atoms. The first-order chi connectivity index (χ1) is 15.8. The number of hydrogen-bond donors (Lipinski definition) is 0. The van der Waals surface area contributed by atoms with E-state index >= 15 is 0 Å². The predicted molar refractivity (Wildman–Crippen MR) is 143 cm³/mol. The number of hydrogen-bond acceptors (Lipinski definition) is 0. The monoisotopic (exact) mass is 468 g/mol. The average Bonchev–Trinajstić information content (AvgIpc) is 3.13. The van der Waals surface area contributed by atoms with Crippen molar-refractivity contribution in [2.75, 3.05) is 0 Å². The summed E-state index contributed by atoms with van der Waals surface area (Å²) in [4.78, 5) is 0. The van der Waals surface area contributed by atoms with Crippen LogP contribution >= 0.6 is 11.6 Å². The van der Waals surface area contributed by atoms with Crippen LogP contribution in [0.2, 0.25) is 5.02 Å². The average molecular weight is 469 g/mol. The van der Waals surface area contributed by atoms with Crippen LogP contribution in [0.3, 0.4) is 0 Å². The van der Waals surface area contributed by atoms with E-state index in [1.165, 1.54) is 82.6 Å². The topological polar surface area (TPSA) is 0 Å². The summed E-state index contributed by atoms with van der Waals surface area (Å²) in [7, 11) is 0. The molecule has 1 heteroatoms. The van der Waals surface area contributed by atoms with E-state index in [0.717, 1.165) is 46.4 Å². The Balaban J connectivity index is 1.25. The number of halogens is 1. The fraction of sp³-hybridized carbons (Fsp3) is 0.812. The highest BCUT2D eigenvalue weighted by Gasteiger charge is 2.59. The largest absolute Gasteiger partial charge is 0.0843 e. The molecule has 33 heavy (non-hydrogen) atoms. The quantitative estimate of drug-likeness (QED) is 0.364. The molecule has 4 saturated carbocycles. The highest BCUT2D eigenvalue weighted by Crippen LogP contribution is 2.68. The molecular weight excluding hydrogens is 420 g/mol. The molecule has 1 aromatic carbocycles. The maximum absolute atomic E-state index is 6.17. The Bertz CT molecular complexity index is 795. The van der Waals surface area contributed by atoms with E-state index in [4.69, 9.17) is 11.6 Å². The van der Waals surface area contributed by atoms with Gasteiger partial charge in [-0.05, 0) is 134 Å². The van der Waals surface area contributed by atoms with E-state index in [1.807, 2.05) is 0 Å². The molecule has 0 nitrogen and oxygen atoms in total. The van der Waals surface area contributed by atoms with Crippen molar-refractivity contribution in [2.24, 2.45) is 46.3 Å². The van der Waals surface area contributed by atoms with Crippen molar-refractivity contribution in [3.63, 3.8) is 0 Å². The Morgan fingerprint density at radius 2 is 1.58 bits per heavy atom. The van der Waals surface area contributed by atoms with Gasteiger partial charge in [-0.1, -0.05) is 70.7 Å². The summed E-state index contributed by atoms with van der Waals surface area (Å²) >= 11 is 6.17. The number of benzene rings is 1. The standard InChI is InChI=1S/C32H49Cl/c1-22(2)7-5-6-8-25-12-16-29-28-15-11-26-21-24(23-9-13-27(33)14-10-23)17-19-32(26,4)30(28)18-20-31(25,29)3/h9-10,13-14,22,24-26,28-30H,5-8,11-12,15-21H2,1-4H3/t24?,25-,26-,28-,29-,30-,31+,32?/m0/s1. The van der Waals surface area contributed by atoms with Crippen molar-refractivity contribution in [3.05, 3.63) is 34.9 Å². The summed E-state index contributed by atoms with van der Waals surface area (Å²) in [5.74, 6) is 6.63. The Morgan fingerprint density at radius 1 is 0.848 bits per heavy atom. The molecule has 4 aliphatic rings. The minimum absolute atomic E-state index is 0.600. The molecule has 1 aromatic rings. The fourth-order valence-electron chi connectivity index (χ4n) is 9.82. The zero-order valence-electron chi connectivity index (χ0n) is 21.9. The first-order valence-corrected chi connectivity index (χ1v) is 14.9. The van der Waals surface area contributed by atoms with Gasteiger partial charge in [-0.3, -0.25) is 0 Å². The van der Waals surface area contributed by atoms with Gasteiger partial charge in [-0.25, -0.2) is 0 Å². The van der Waals surface area contributed by atoms with Gasteiger partial charge < -0.3 is 0 Å². The molecule has 0 aromatic heterocycles. The van der Waals surface area contributed by atoms with E-state index in [9.17, 15) is 0 Å². The highest BCUT2D eigenvalue weighted by atomic mass is 35.5. The molecule has 0 radical (unpaired) electrons. The molecule has 2 unspecified atom stereocenters. The third-order valence-corrected chi connectivity index (χ3v) is 12.0. The lowest BCUT2D eigenvalue weighted by Crippen LogP contribution is -2.53. The molecule has 4 fully saturated rings. The van der Waals surface area contributed by atoms with Gasteiger partial charge in [0.05, 0.1) is 0 Å². The van der Waals surface area contributed by atoms with Crippen LogP contribution in [-0.2, 0) is 0 Å². The second-order valence-corrected chi connectivity index (χ2v) is 14.1. The van der Waals surface area contributed by atoms with Gasteiger partial charge in [0.1, 0.15) is 0 Å². The Kier molecular flexibility index (Phi) is 6.99. The van der Waals surface area contributed by atoms with E-state index in [0.29, 0.717) is 10.8 Å². The van der Waals surface area contributed by atoms with Crippen molar-refractivity contribution in [1.82, 2.24) is 0 Å². The third-order valence-electron chi connectivity index (χ3n) is 11.8. The minimum Gasteiger partial charge on any atom is -0.0843 e. The molecule has 0 aliphatic heterocycles. The van der Waals surface area contributed by atoms with Crippen LogP contribution < -0.4 is 0 Å². The van der Waals surface area contributed by atoms with Crippen molar-refractivity contribution >= 4 is 11.6 Å². The summed E-state index contributed by atoms with van der Waals surface area (Å²) in [5.41, 5.74) is 2.79. The lowest BCUT2D eigenvalue weighted by Gasteiger charge is -2.61. The zero-order valence-corrected chi connectivity index (χ0v) is 22.7. The maximum Gasteiger partial charge on any atom is 0.0406 e. The van der Waals surface area contributed by atoms with Crippen LogP contribution in [0, 0.1) is 46.3 Å². The van der Waals surface area contributed by atoms with Crippen LogP contribution in [0.15, 0.2) is 24.3 Å². The van der Waals surface area contributed by atoms with Crippen molar-refractivity contribution in [3.8, 4) is 0 Å². The lowest BCUT2D eigenvalue weighted by molar-refractivity contribution is -0.114. The normalized spacial score (nSPS) is 42.6. The van der Waals surface area contributed by atoms with Crippen LogP contribution in [0.25, 0.3) is 0 Å². The van der Waals surface area contributed by atoms with Crippen LogP contribution in [0.5, 0.6) is 0 Å². The number of unbranched alkanes of at least 4 members (excludes halogenated alkanes) is 1. The predicted octanol–water partition coefficient (Wildman–Crippen LogP) is 10.3. The second-order valence-electron chi connectivity index (χ2n) is 13.7. The second kappa shape index (κ2) is 9.52. The third kappa shape index (κ3) is 4.45. The summed E-state index contributed by atoms with van der Waals surface area (Å²) < 4.78 is 0. The Labute approximate surface area is 209 Å². The highest BCUT2D eigenvalue weighted by molar-refractivity contribution is 6.30. The van der Waals surface area contributed by atoms with Crippen molar-refractivity contribution in [2.45, 2.75) is 117 Å². The van der Waals surface area contributed by atoms with Crippen molar-refractivity contribution < 1.29 is 0 Å². The van der Waals surface area contributed by atoms with E-state index in [2.05, 4.69) is 52.0 Å². The molecule has 4 aliphatic carbocycles. The lowest BCUT2D eigenvalue weighted by atomic mass is 9.44. The van der Waals surface area contributed by atoms with Gasteiger partial charge in [0.25, 0.3) is 0 Å². The number of fused-ring (bicyclic) bond motifs is 5. The molecule has 5 rings (SSSR count). The molecule has 184 valence electrons. The van der Waals surface area contributed by atoms with Gasteiger partial charge in [-0.2, -0.15) is 0 Å². The molecule has 0 amide bonds. The minimum atomic E-state index is 0.600. The first-order valence-electron chi connectivity index (χ1n) is 14.6. The molecule has 0 heterocycles. The molecular formula is C32H49Cl. The molecule has 8 atom stereocenters. The van der Waals surface area contributed by atoms with Gasteiger partial charge in [0, 0.05) is 5.02 Å². The number of rotatable bonds is 6. The summed E-state index contributed by atoms with van der Waals surface area (Å²) in [6.07, 6.45) is 19.3. The zero-order chi connectivity index (χ0) is 23.2. The maximum atomic E-state index is 6.17. The van der Waals surface area contributed by atoms with Crippen LogP contribution in [0.1, 0.15) is 123 Å². The summed E-state index contributed by atoms with van der Waals surface area (Å²) in [6.45, 7) is 10.2. The van der Waals surface area contributed by atoms with Gasteiger partial charge in [0.15, 0.2) is 0 Å². The summed E-state index contributed by atoms with van der Waals surface area (Å²) in [6, 6.07) is 8.80. The fourth-order valence-corrected chi connectivity index (χ4v) is 9.95. The van der Waals surface area contributed by atoms with E-state index in [-0.39, 0.29) is 0 Å². The Hall–Kier alpha value is -0.490. The van der Waals surface area contributed by atoms with Crippen LogP contribution in [-0.4, -0.2) is 0 Å². The van der Waals surface area contributed by atoms with Gasteiger partial charge in [-0.15, -0.1) is 0 Å². The Morgan fingerprint density at radius 3 is 2.33 bits per heavy atom. The molecule has 0 saturated heterocycles. The summed E-state index contributed by atoms with van der Waals surface area (Å²) in [5, 5.41) is 0.875. The van der Waals surface area contributed by atoms with Gasteiger partial charge >= 0.3 is 0 Å². The SMILES string of the molecule is CC(C)CCCC[C@H]1CC[C@H]2[C@@H]3CC[C@H]4CC(c5ccc(Cl)cc5)CCC4(C)[C@H]3CC[C@]12C. The smallest absolute Gasteiger partial charge is 0.0406 e. The first kappa shape index (κ1) is 24.2. The van der Waals surface area contributed by atoms with E-state index < -0.39 is 0 Å². The van der Waals surface area contributed by atoms with Crippen LogP contribution in [0.4, 0.5) is 0 Å². The van der Waals surface area contributed by atoms with Crippen molar-refractivity contribution in [1.29, 1.82) is 0 Å². The molecule has 0 bridgehead atoms. The molecule has 0 N–H and O–H groups in total. The van der Waals surface area contributed by atoms with Gasteiger partial charge in [0.2, 0.25) is 0 Å².